The third-order valence-corrected chi connectivity index (χ3v) is 5.37. The standard InChI is InChI=1S/C20H27F3N6O/c1-3-24-18(25-12-17-27-14-28-29(17)2)26-13-19(7-9-30-10-8-19)15-5-4-6-16(11-15)20(21,22)23/h4-6,11,14H,3,7-10,12-13H2,1-2H3,(H2,24,25,26). The summed E-state index contributed by atoms with van der Waals surface area (Å²) in [7, 11) is 1.79. The first-order chi connectivity index (χ1) is 14.3. The largest absolute Gasteiger partial charge is 0.416 e. The molecule has 0 amide bonds. The predicted octanol–water partition coefficient (Wildman–Crippen LogP) is 2.64. The number of nitrogens with zero attached hydrogens (tertiary/aromatic N) is 4. The van der Waals surface area contributed by atoms with Crippen LogP contribution < -0.4 is 10.6 Å². The van der Waals surface area contributed by atoms with Gasteiger partial charge in [0.05, 0.1) is 5.56 Å². The Morgan fingerprint density at radius 1 is 1.27 bits per heavy atom. The SMILES string of the molecule is CCNC(=NCc1ncnn1C)NCC1(c2cccc(C(F)(F)F)c2)CCOCC1. The van der Waals surface area contributed by atoms with E-state index in [0.717, 1.165) is 6.07 Å². The van der Waals surface area contributed by atoms with Gasteiger partial charge in [-0.05, 0) is 31.4 Å². The number of aliphatic imine (C=N–C) groups is 1. The summed E-state index contributed by atoms with van der Waals surface area (Å²) in [4.78, 5) is 8.70. The third kappa shape index (κ3) is 5.29. The van der Waals surface area contributed by atoms with Gasteiger partial charge in [0, 0.05) is 38.8 Å². The van der Waals surface area contributed by atoms with Gasteiger partial charge in [-0.2, -0.15) is 18.3 Å². The van der Waals surface area contributed by atoms with Crippen molar-refractivity contribution in [2.45, 2.75) is 37.9 Å². The van der Waals surface area contributed by atoms with Gasteiger partial charge in [0.2, 0.25) is 0 Å². The topological polar surface area (TPSA) is 76.4 Å². The average molecular weight is 424 g/mol. The molecule has 0 saturated carbocycles. The summed E-state index contributed by atoms with van der Waals surface area (Å²) >= 11 is 0. The number of benzene rings is 1. The molecular formula is C20H27F3N6O. The molecule has 10 heteroatoms. The third-order valence-electron chi connectivity index (χ3n) is 5.37. The highest BCUT2D eigenvalue weighted by atomic mass is 19.4. The van der Waals surface area contributed by atoms with Gasteiger partial charge in [-0.15, -0.1) is 0 Å². The Labute approximate surface area is 173 Å². The Kier molecular flexibility index (Phi) is 6.96. The Morgan fingerprint density at radius 3 is 2.67 bits per heavy atom. The van der Waals surface area contributed by atoms with Crippen molar-refractivity contribution in [3.05, 3.63) is 47.5 Å². The van der Waals surface area contributed by atoms with Gasteiger partial charge < -0.3 is 15.4 Å². The number of guanidine groups is 1. The maximum Gasteiger partial charge on any atom is 0.416 e. The highest BCUT2D eigenvalue weighted by Gasteiger charge is 2.37. The molecule has 0 atom stereocenters. The second-order valence-corrected chi connectivity index (χ2v) is 7.32. The van der Waals surface area contributed by atoms with Crippen LogP contribution in [0.5, 0.6) is 0 Å². The molecule has 2 aromatic rings. The minimum absolute atomic E-state index is 0.339. The molecule has 1 aromatic carbocycles. The molecular weight excluding hydrogens is 397 g/mol. The summed E-state index contributed by atoms with van der Waals surface area (Å²) in [5.74, 6) is 1.30. The summed E-state index contributed by atoms with van der Waals surface area (Å²) < 4.78 is 46.9. The lowest BCUT2D eigenvalue weighted by Gasteiger charge is -2.38. The van der Waals surface area contributed by atoms with Crippen molar-refractivity contribution in [3.8, 4) is 0 Å². The zero-order chi connectivity index (χ0) is 21.6. The van der Waals surface area contributed by atoms with Gasteiger partial charge in [0.25, 0.3) is 0 Å². The lowest BCUT2D eigenvalue weighted by atomic mass is 9.73. The molecule has 1 saturated heterocycles. The van der Waals surface area contributed by atoms with Crippen molar-refractivity contribution in [3.63, 3.8) is 0 Å². The summed E-state index contributed by atoms with van der Waals surface area (Å²) in [6.45, 7) is 4.41. The van der Waals surface area contributed by atoms with Crippen LogP contribution in [0, 0.1) is 0 Å². The molecule has 1 aromatic heterocycles. The number of rotatable bonds is 6. The van der Waals surface area contributed by atoms with Crippen LogP contribution >= 0.6 is 0 Å². The number of aromatic nitrogens is 3. The van der Waals surface area contributed by atoms with E-state index >= 15 is 0 Å². The maximum absolute atomic E-state index is 13.3. The molecule has 7 nitrogen and oxygen atoms in total. The van der Waals surface area contributed by atoms with E-state index < -0.39 is 17.2 Å². The summed E-state index contributed by atoms with van der Waals surface area (Å²) in [5.41, 5.74) is -0.438. The van der Waals surface area contributed by atoms with Crippen LogP contribution in [-0.2, 0) is 29.9 Å². The number of nitrogens with one attached hydrogen (secondary N) is 2. The van der Waals surface area contributed by atoms with E-state index in [1.165, 1.54) is 18.5 Å². The lowest BCUT2D eigenvalue weighted by Crippen LogP contribution is -2.48. The van der Waals surface area contributed by atoms with Gasteiger partial charge in [0.1, 0.15) is 18.7 Å². The number of hydrogen-bond acceptors (Lipinski definition) is 4. The number of halogens is 3. The van der Waals surface area contributed by atoms with Crippen LogP contribution in [0.2, 0.25) is 0 Å². The molecule has 3 rings (SSSR count). The molecule has 2 N–H and O–H groups in total. The molecule has 1 fully saturated rings. The van der Waals surface area contributed by atoms with Gasteiger partial charge in [-0.3, -0.25) is 4.68 Å². The quantitative estimate of drug-likeness (QED) is 0.551. The number of aryl methyl sites for hydroxylation is 1. The van der Waals surface area contributed by atoms with E-state index in [0.29, 0.717) is 63.0 Å². The van der Waals surface area contributed by atoms with E-state index in [-0.39, 0.29) is 0 Å². The molecule has 164 valence electrons. The molecule has 1 aliphatic rings. The fourth-order valence-corrected chi connectivity index (χ4v) is 3.56. The molecule has 1 aliphatic heterocycles. The normalized spacial score (nSPS) is 17.0. The first-order valence-corrected chi connectivity index (χ1v) is 9.94. The summed E-state index contributed by atoms with van der Waals surface area (Å²) in [6, 6.07) is 5.61. The molecule has 0 unspecified atom stereocenters. The van der Waals surface area contributed by atoms with E-state index in [1.54, 1.807) is 17.8 Å². The van der Waals surface area contributed by atoms with Gasteiger partial charge in [-0.25, -0.2) is 9.98 Å². The first-order valence-electron chi connectivity index (χ1n) is 9.94. The average Bonchev–Trinajstić information content (AvgIpc) is 3.15. The van der Waals surface area contributed by atoms with E-state index in [4.69, 9.17) is 4.74 Å². The zero-order valence-corrected chi connectivity index (χ0v) is 17.2. The van der Waals surface area contributed by atoms with Crippen molar-refractivity contribution < 1.29 is 17.9 Å². The van der Waals surface area contributed by atoms with E-state index in [1.807, 2.05) is 6.92 Å². The molecule has 0 spiro atoms. The second kappa shape index (κ2) is 9.46. The van der Waals surface area contributed by atoms with Crippen LogP contribution in [0.15, 0.2) is 35.6 Å². The summed E-state index contributed by atoms with van der Waals surface area (Å²) in [6.07, 6.45) is -1.65. The van der Waals surface area contributed by atoms with Crippen LogP contribution in [0.1, 0.15) is 36.7 Å². The lowest BCUT2D eigenvalue weighted by molar-refractivity contribution is -0.137. The van der Waals surface area contributed by atoms with Crippen LogP contribution in [0.3, 0.4) is 0 Å². The molecule has 0 aliphatic carbocycles. The fraction of sp³-hybridized carbons (Fsp3) is 0.550. The van der Waals surface area contributed by atoms with Crippen LogP contribution in [0.25, 0.3) is 0 Å². The number of alkyl halides is 3. The maximum atomic E-state index is 13.3. The van der Waals surface area contributed by atoms with Crippen molar-refractivity contribution in [2.75, 3.05) is 26.3 Å². The molecule has 30 heavy (non-hydrogen) atoms. The van der Waals surface area contributed by atoms with Gasteiger partial charge in [0.15, 0.2) is 5.96 Å². The molecule has 2 heterocycles. The van der Waals surface area contributed by atoms with Crippen molar-refractivity contribution >= 4 is 5.96 Å². The van der Waals surface area contributed by atoms with Crippen LogP contribution in [0.4, 0.5) is 13.2 Å². The van der Waals surface area contributed by atoms with Crippen molar-refractivity contribution in [2.24, 2.45) is 12.0 Å². The Hall–Kier alpha value is -2.62. The zero-order valence-electron chi connectivity index (χ0n) is 17.2. The van der Waals surface area contributed by atoms with Crippen LogP contribution in [-0.4, -0.2) is 47.0 Å². The highest BCUT2D eigenvalue weighted by molar-refractivity contribution is 5.79. The van der Waals surface area contributed by atoms with Crippen molar-refractivity contribution in [1.29, 1.82) is 0 Å². The Bertz CT molecular complexity index is 858. The minimum atomic E-state index is -4.37. The van der Waals surface area contributed by atoms with Gasteiger partial charge in [-0.1, -0.05) is 18.2 Å². The predicted molar refractivity (Wildman–Crippen MR) is 107 cm³/mol. The first kappa shape index (κ1) is 22.1. The Morgan fingerprint density at radius 2 is 2.03 bits per heavy atom. The summed E-state index contributed by atoms with van der Waals surface area (Å²) in [5, 5.41) is 10.5. The number of ether oxygens (including phenoxy) is 1. The smallest absolute Gasteiger partial charge is 0.381 e. The minimum Gasteiger partial charge on any atom is -0.381 e. The monoisotopic (exact) mass is 424 g/mol. The van der Waals surface area contributed by atoms with Gasteiger partial charge >= 0.3 is 6.18 Å². The molecule has 0 bridgehead atoms. The highest BCUT2D eigenvalue weighted by Crippen LogP contribution is 2.37. The Balaban J connectivity index is 1.81. The van der Waals surface area contributed by atoms with E-state index in [2.05, 4.69) is 25.7 Å². The fourth-order valence-electron chi connectivity index (χ4n) is 3.56. The van der Waals surface area contributed by atoms with Crippen molar-refractivity contribution in [1.82, 2.24) is 25.4 Å². The van der Waals surface area contributed by atoms with E-state index in [9.17, 15) is 13.2 Å². The second-order valence-electron chi connectivity index (χ2n) is 7.32. The molecule has 0 radical (unpaired) electrons. The number of hydrogen-bond donors (Lipinski definition) is 2.